The number of esters is 1. The smallest absolute Gasteiger partial charge is 0.302 e. The summed E-state index contributed by atoms with van der Waals surface area (Å²) in [7, 11) is 0. The maximum absolute atomic E-state index is 10.6. The van der Waals surface area contributed by atoms with Gasteiger partial charge in [-0.25, -0.2) is 0 Å². The summed E-state index contributed by atoms with van der Waals surface area (Å²) in [6.45, 7) is 1.80. The summed E-state index contributed by atoms with van der Waals surface area (Å²) in [6.07, 6.45) is 2.50. The van der Waals surface area contributed by atoms with Crippen LogP contribution in [0.1, 0.15) is 12.6 Å². The number of carbonyl (C=O) groups is 1. The molecular weight excluding hydrogens is 202 g/mol. The summed E-state index contributed by atoms with van der Waals surface area (Å²) >= 11 is 0. The number of rotatable bonds is 3. The average molecular weight is 215 g/mol. The topological polar surface area (TPSA) is 39.2 Å². The maximum Gasteiger partial charge on any atom is 0.302 e. The third-order valence-corrected chi connectivity index (χ3v) is 2.35. The summed E-state index contributed by atoms with van der Waals surface area (Å²) in [5, 5.41) is 2.29. The minimum absolute atomic E-state index is 0.249. The van der Waals surface area contributed by atoms with Crippen molar-refractivity contribution in [3.63, 3.8) is 0 Å². The third-order valence-electron chi connectivity index (χ3n) is 2.35. The molecule has 82 valence electrons. The van der Waals surface area contributed by atoms with E-state index in [2.05, 4.69) is 4.98 Å². The van der Waals surface area contributed by atoms with Crippen LogP contribution in [0, 0.1) is 0 Å². The predicted molar refractivity (Wildman–Crippen MR) is 62.1 cm³/mol. The molecule has 0 spiro atoms. The maximum atomic E-state index is 10.6. The molecule has 0 aliphatic rings. The minimum atomic E-state index is -0.249. The molecule has 0 saturated carbocycles. The monoisotopic (exact) mass is 215 g/mol. The number of aromatic nitrogens is 1. The number of ether oxygens (including phenoxy) is 1. The Morgan fingerprint density at radius 2 is 2.06 bits per heavy atom. The van der Waals surface area contributed by atoms with Crippen molar-refractivity contribution in [3.05, 3.63) is 42.2 Å². The number of carbonyl (C=O) groups excluding carboxylic acids is 1. The lowest BCUT2D eigenvalue weighted by atomic mass is 10.1. The standard InChI is InChI=1S/C13H13NO2/c1-10(15)16-7-6-13-8-11-4-2-3-5-12(11)9-14-13/h2-5,8-9H,6-7H2,1H3. The van der Waals surface area contributed by atoms with Crippen molar-refractivity contribution in [2.75, 3.05) is 6.61 Å². The van der Waals surface area contributed by atoms with Crippen LogP contribution in [-0.4, -0.2) is 17.6 Å². The Morgan fingerprint density at radius 1 is 1.31 bits per heavy atom. The molecule has 0 atom stereocenters. The molecule has 2 aromatic rings. The summed E-state index contributed by atoms with van der Waals surface area (Å²) in [5.41, 5.74) is 0.944. The first-order valence-electron chi connectivity index (χ1n) is 5.23. The van der Waals surface area contributed by atoms with E-state index in [1.807, 2.05) is 36.5 Å². The van der Waals surface area contributed by atoms with Crippen LogP contribution in [0.5, 0.6) is 0 Å². The van der Waals surface area contributed by atoms with Gasteiger partial charge in [0.1, 0.15) is 0 Å². The number of benzene rings is 1. The molecule has 2 rings (SSSR count). The van der Waals surface area contributed by atoms with Crippen molar-refractivity contribution in [1.29, 1.82) is 0 Å². The number of nitrogens with zero attached hydrogens (tertiary/aromatic N) is 1. The van der Waals surface area contributed by atoms with Crippen molar-refractivity contribution in [3.8, 4) is 0 Å². The highest BCUT2D eigenvalue weighted by molar-refractivity contribution is 5.81. The lowest BCUT2D eigenvalue weighted by molar-refractivity contribution is -0.140. The fourth-order valence-electron chi connectivity index (χ4n) is 1.57. The Balaban J connectivity index is 2.10. The van der Waals surface area contributed by atoms with Gasteiger partial charge < -0.3 is 4.74 Å². The van der Waals surface area contributed by atoms with Gasteiger partial charge in [-0.05, 0) is 11.5 Å². The van der Waals surface area contributed by atoms with E-state index in [0.29, 0.717) is 13.0 Å². The van der Waals surface area contributed by atoms with E-state index in [1.54, 1.807) is 0 Å². The van der Waals surface area contributed by atoms with Crippen LogP contribution >= 0.6 is 0 Å². The summed E-state index contributed by atoms with van der Waals surface area (Å²) in [4.78, 5) is 14.9. The molecule has 0 saturated heterocycles. The Kier molecular flexibility index (Phi) is 3.15. The third kappa shape index (κ3) is 2.57. The van der Waals surface area contributed by atoms with Crippen molar-refractivity contribution < 1.29 is 9.53 Å². The molecule has 1 aromatic heterocycles. The fraction of sp³-hybridized carbons (Fsp3) is 0.231. The first-order valence-corrected chi connectivity index (χ1v) is 5.23. The van der Waals surface area contributed by atoms with E-state index in [1.165, 1.54) is 6.92 Å². The first kappa shape index (κ1) is 10.6. The summed E-state index contributed by atoms with van der Waals surface area (Å²) in [5.74, 6) is -0.249. The molecule has 0 N–H and O–H groups in total. The highest BCUT2D eigenvalue weighted by atomic mass is 16.5. The molecule has 16 heavy (non-hydrogen) atoms. The minimum Gasteiger partial charge on any atom is -0.465 e. The molecule has 1 heterocycles. The quantitative estimate of drug-likeness (QED) is 0.738. The Labute approximate surface area is 94.1 Å². The normalized spacial score (nSPS) is 10.3. The van der Waals surface area contributed by atoms with Gasteiger partial charge in [0.2, 0.25) is 0 Å². The van der Waals surface area contributed by atoms with Gasteiger partial charge >= 0.3 is 5.97 Å². The molecule has 3 nitrogen and oxygen atoms in total. The second-order valence-corrected chi connectivity index (χ2v) is 3.61. The zero-order chi connectivity index (χ0) is 11.4. The predicted octanol–water partition coefficient (Wildman–Crippen LogP) is 2.34. The SMILES string of the molecule is CC(=O)OCCc1cc2ccccc2cn1. The first-order chi connectivity index (χ1) is 7.75. The molecule has 3 heteroatoms. The van der Waals surface area contributed by atoms with Crippen LogP contribution in [0.4, 0.5) is 0 Å². The van der Waals surface area contributed by atoms with Crippen LogP contribution in [-0.2, 0) is 16.0 Å². The molecule has 0 aliphatic carbocycles. The van der Waals surface area contributed by atoms with E-state index in [0.717, 1.165) is 16.5 Å². The van der Waals surface area contributed by atoms with E-state index in [-0.39, 0.29) is 5.97 Å². The Bertz CT molecular complexity index is 508. The number of fused-ring (bicyclic) bond motifs is 1. The van der Waals surface area contributed by atoms with E-state index < -0.39 is 0 Å². The Hall–Kier alpha value is -1.90. The zero-order valence-corrected chi connectivity index (χ0v) is 9.14. The van der Waals surface area contributed by atoms with E-state index >= 15 is 0 Å². The fourth-order valence-corrected chi connectivity index (χ4v) is 1.57. The largest absolute Gasteiger partial charge is 0.465 e. The van der Waals surface area contributed by atoms with Gasteiger partial charge in [-0.2, -0.15) is 0 Å². The van der Waals surface area contributed by atoms with Crippen molar-refractivity contribution in [1.82, 2.24) is 4.98 Å². The summed E-state index contributed by atoms with van der Waals surface area (Å²) < 4.78 is 4.88. The molecule has 0 amide bonds. The van der Waals surface area contributed by atoms with Gasteiger partial charge in [-0.3, -0.25) is 9.78 Å². The van der Waals surface area contributed by atoms with E-state index in [9.17, 15) is 4.79 Å². The number of hydrogen-bond acceptors (Lipinski definition) is 3. The van der Waals surface area contributed by atoms with Gasteiger partial charge in [0.25, 0.3) is 0 Å². The van der Waals surface area contributed by atoms with Crippen molar-refractivity contribution in [2.45, 2.75) is 13.3 Å². The van der Waals surface area contributed by atoms with E-state index in [4.69, 9.17) is 4.74 Å². The molecule has 0 fully saturated rings. The van der Waals surface area contributed by atoms with Crippen LogP contribution in [0.25, 0.3) is 10.8 Å². The molecule has 0 unspecified atom stereocenters. The highest BCUT2D eigenvalue weighted by Gasteiger charge is 1.99. The zero-order valence-electron chi connectivity index (χ0n) is 9.14. The van der Waals surface area contributed by atoms with Gasteiger partial charge in [-0.15, -0.1) is 0 Å². The van der Waals surface area contributed by atoms with Crippen LogP contribution in [0.3, 0.4) is 0 Å². The number of pyridine rings is 1. The molecule has 0 radical (unpaired) electrons. The molecule has 0 aliphatic heterocycles. The second-order valence-electron chi connectivity index (χ2n) is 3.61. The lowest BCUT2D eigenvalue weighted by Gasteiger charge is -2.03. The number of hydrogen-bond donors (Lipinski definition) is 0. The van der Waals surface area contributed by atoms with Gasteiger partial charge in [0.05, 0.1) is 6.61 Å². The molecular formula is C13H13NO2. The van der Waals surface area contributed by atoms with Crippen LogP contribution in [0.15, 0.2) is 36.5 Å². The van der Waals surface area contributed by atoms with Gasteiger partial charge in [0.15, 0.2) is 0 Å². The summed E-state index contributed by atoms with van der Waals surface area (Å²) in [6, 6.07) is 10.1. The lowest BCUT2D eigenvalue weighted by Crippen LogP contribution is -2.04. The Morgan fingerprint density at radius 3 is 2.81 bits per heavy atom. The molecule has 1 aromatic carbocycles. The second kappa shape index (κ2) is 4.75. The van der Waals surface area contributed by atoms with Crippen LogP contribution < -0.4 is 0 Å². The van der Waals surface area contributed by atoms with Crippen molar-refractivity contribution >= 4 is 16.7 Å². The highest BCUT2D eigenvalue weighted by Crippen LogP contribution is 2.13. The average Bonchev–Trinajstić information content (AvgIpc) is 2.28. The van der Waals surface area contributed by atoms with Crippen molar-refractivity contribution in [2.24, 2.45) is 0 Å². The van der Waals surface area contributed by atoms with Gasteiger partial charge in [-0.1, -0.05) is 24.3 Å². The van der Waals surface area contributed by atoms with Crippen LogP contribution in [0.2, 0.25) is 0 Å². The van der Waals surface area contributed by atoms with Gasteiger partial charge in [0, 0.05) is 30.6 Å². The molecule has 0 bridgehead atoms.